The average Bonchev–Trinajstić information content (AvgIpc) is 2.73. The van der Waals surface area contributed by atoms with Gasteiger partial charge in [-0.1, -0.05) is 46.0 Å². The van der Waals surface area contributed by atoms with Crippen LogP contribution in [0.2, 0.25) is 0 Å². The molecule has 0 radical (unpaired) electrons. The molecule has 0 fully saturated rings. The summed E-state index contributed by atoms with van der Waals surface area (Å²) in [6, 6.07) is 12.9. The molecule has 1 N–H and O–H groups in total. The maximum absolute atomic E-state index is 12.5. The van der Waals surface area contributed by atoms with Crippen molar-refractivity contribution >= 4 is 27.5 Å². The normalized spacial score (nSPS) is 10.6. The van der Waals surface area contributed by atoms with Crippen LogP contribution in [0.5, 0.6) is 11.5 Å². The van der Waals surface area contributed by atoms with Crippen LogP contribution in [0.1, 0.15) is 69.2 Å². The van der Waals surface area contributed by atoms with E-state index in [1.807, 2.05) is 30.3 Å². The van der Waals surface area contributed by atoms with Crippen molar-refractivity contribution in [2.24, 2.45) is 0 Å². The van der Waals surface area contributed by atoms with Crippen molar-refractivity contribution < 1.29 is 14.3 Å². The maximum atomic E-state index is 12.5. The van der Waals surface area contributed by atoms with Crippen LogP contribution >= 0.6 is 15.9 Å². The lowest BCUT2D eigenvalue weighted by molar-refractivity contribution is 0.102. The Labute approximate surface area is 183 Å². The van der Waals surface area contributed by atoms with E-state index in [9.17, 15) is 4.79 Å². The number of amides is 1. The molecular formula is C24H32BrNO3. The molecule has 0 heterocycles. The summed E-state index contributed by atoms with van der Waals surface area (Å²) in [5.74, 6) is 1.43. The van der Waals surface area contributed by atoms with Gasteiger partial charge in [-0.2, -0.15) is 0 Å². The lowest BCUT2D eigenvalue weighted by Crippen LogP contribution is -2.12. The van der Waals surface area contributed by atoms with Crippen LogP contribution in [0.3, 0.4) is 0 Å². The maximum Gasteiger partial charge on any atom is 0.255 e. The Morgan fingerprint density at radius 2 is 1.55 bits per heavy atom. The molecule has 29 heavy (non-hydrogen) atoms. The van der Waals surface area contributed by atoms with E-state index in [2.05, 4.69) is 35.1 Å². The number of hydrogen-bond acceptors (Lipinski definition) is 3. The number of hydrogen-bond donors (Lipinski definition) is 1. The second kappa shape index (κ2) is 13.3. The minimum absolute atomic E-state index is 0.157. The third-order valence-electron chi connectivity index (χ3n) is 4.58. The van der Waals surface area contributed by atoms with Gasteiger partial charge in [-0.25, -0.2) is 0 Å². The molecule has 0 aliphatic rings. The highest BCUT2D eigenvalue weighted by molar-refractivity contribution is 9.10. The molecule has 0 saturated heterocycles. The zero-order valence-electron chi connectivity index (χ0n) is 17.5. The lowest BCUT2D eigenvalue weighted by atomic mass is 10.2. The quantitative estimate of drug-likeness (QED) is 0.320. The molecule has 2 rings (SSSR count). The minimum atomic E-state index is -0.157. The summed E-state index contributed by atoms with van der Waals surface area (Å²) in [6.07, 6.45) is 8.19. The van der Waals surface area contributed by atoms with Crippen LogP contribution in [0.15, 0.2) is 46.9 Å². The number of rotatable bonds is 13. The molecule has 0 atom stereocenters. The molecule has 0 spiro atoms. The van der Waals surface area contributed by atoms with E-state index in [-0.39, 0.29) is 5.91 Å². The van der Waals surface area contributed by atoms with Crippen molar-refractivity contribution in [3.05, 3.63) is 52.5 Å². The topological polar surface area (TPSA) is 47.6 Å². The number of anilines is 1. The highest BCUT2D eigenvalue weighted by Gasteiger charge is 2.10. The monoisotopic (exact) mass is 461 g/mol. The van der Waals surface area contributed by atoms with Gasteiger partial charge in [0.25, 0.3) is 5.91 Å². The molecule has 4 nitrogen and oxygen atoms in total. The van der Waals surface area contributed by atoms with Crippen LogP contribution in [-0.4, -0.2) is 19.1 Å². The van der Waals surface area contributed by atoms with Crippen molar-refractivity contribution in [2.45, 2.75) is 58.8 Å². The van der Waals surface area contributed by atoms with Gasteiger partial charge in [0.1, 0.15) is 11.5 Å². The van der Waals surface area contributed by atoms with E-state index in [1.165, 1.54) is 25.7 Å². The molecule has 0 aliphatic carbocycles. The second-order valence-corrected chi connectivity index (χ2v) is 7.94. The van der Waals surface area contributed by atoms with Gasteiger partial charge in [0, 0.05) is 11.3 Å². The van der Waals surface area contributed by atoms with Crippen molar-refractivity contribution in [1.82, 2.24) is 0 Å². The summed E-state index contributed by atoms with van der Waals surface area (Å²) >= 11 is 3.48. The van der Waals surface area contributed by atoms with Crippen molar-refractivity contribution in [1.29, 1.82) is 0 Å². The van der Waals surface area contributed by atoms with E-state index in [0.717, 1.165) is 47.5 Å². The summed E-state index contributed by atoms with van der Waals surface area (Å²) in [4.78, 5) is 12.5. The first-order valence-electron chi connectivity index (χ1n) is 10.6. The summed E-state index contributed by atoms with van der Waals surface area (Å²) in [5, 5.41) is 2.92. The molecular weight excluding hydrogens is 430 g/mol. The highest BCUT2D eigenvalue weighted by atomic mass is 79.9. The standard InChI is InChI=1S/C24H32BrNO3/c1-3-5-7-8-9-17-28-21-13-11-20(12-14-21)26-24(27)19-10-15-23(22(25)18-19)29-16-6-4-2/h10-15,18H,3-9,16-17H2,1-2H3,(H,26,27). The Bertz CT molecular complexity index is 746. The van der Waals surface area contributed by atoms with Gasteiger partial charge in [-0.3, -0.25) is 4.79 Å². The minimum Gasteiger partial charge on any atom is -0.494 e. The molecule has 2 aromatic rings. The zero-order chi connectivity index (χ0) is 20.9. The second-order valence-electron chi connectivity index (χ2n) is 7.09. The molecule has 5 heteroatoms. The molecule has 0 unspecified atom stereocenters. The number of ether oxygens (including phenoxy) is 2. The zero-order valence-corrected chi connectivity index (χ0v) is 19.1. The Morgan fingerprint density at radius 3 is 2.24 bits per heavy atom. The van der Waals surface area contributed by atoms with Crippen molar-refractivity contribution in [2.75, 3.05) is 18.5 Å². The van der Waals surface area contributed by atoms with E-state index in [0.29, 0.717) is 12.2 Å². The first-order valence-corrected chi connectivity index (χ1v) is 11.4. The smallest absolute Gasteiger partial charge is 0.255 e. The van der Waals surface area contributed by atoms with Crippen LogP contribution in [0.25, 0.3) is 0 Å². The van der Waals surface area contributed by atoms with Gasteiger partial charge in [-0.15, -0.1) is 0 Å². The third kappa shape index (κ3) is 8.48. The predicted octanol–water partition coefficient (Wildman–Crippen LogP) is 7.23. The summed E-state index contributed by atoms with van der Waals surface area (Å²) in [5.41, 5.74) is 1.32. The molecule has 0 aliphatic heterocycles. The molecule has 0 saturated carbocycles. The molecule has 0 bridgehead atoms. The molecule has 0 aromatic heterocycles. The number of carbonyl (C=O) groups excluding carboxylic acids is 1. The number of carbonyl (C=O) groups is 1. The van der Waals surface area contributed by atoms with Gasteiger partial charge in [-0.05, 0) is 71.2 Å². The van der Waals surface area contributed by atoms with Gasteiger partial charge >= 0.3 is 0 Å². The molecule has 2 aromatic carbocycles. The van der Waals surface area contributed by atoms with Gasteiger partial charge in [0.05, 0.1) is 17.7 Å². The Kier molecular flexibility index (Phi) is 10.6. The molecule has 1 amide bonds. The van der Waals surface area contributed by atoms with E-state index >= 15 is 0 Å². The first kappa shape index (κ1) is 23.3. The number of halogens is 1. The predicted molar refractivity (Wildman–Crippen MR) is 123 cm³/mol. The fourth-order valence-corrected chi connectivity index (χ4v) is 3.31. The van der Waals surface area contributed by atoms with Crippen molar-refractivity contribution in [3.63, 3.8) is 0 Å². The fourth-order valence-electron chi connectivity index (χ4n) is 2.82. The SMILES string of the molecule is CCCCCCCOc1ccc(NC(=O)c2ccc(OCCCC)c(Br)c2)cc1. The summed E-state index contributed by atoms with van der Waals surface area (Å²) < 4.78 is 12.3. The van der Waals surface area contributed by atoms with Crippen molar-refractivity contribution in [3.8, 4) is 11.5 Å². The fraction of sp³-hybridized carbons (Fsp3) is 0.458. The molecule has 158 valence electrons. The highest BCUT2D eigenvalue weighted by Crippen LogP contribution is 2.27. The number of unbranched alkanes of at least 4 members (excludes halogenated alkanes) is 5. The van der Waals surface area contributed by atoms with Crippen LogP contribution in [-0.2, 0) is 0 Å². The summed E-state index contributed by atoms with van der Waals surface area (Å²) in [6.45, 7) is 5.75. The van der Waals surface area contributed by atoms with Crippen LogP contribution in [0.4, 0.5) is 5.69 Å². The van der Waals surface area contributed by atoms with E-state index in [1.54, 1.807) is 12.1 Å². The third-order valence-corrected chi connectivity index (χ3v) is 5.20. The van der Waals surface area contributed by atoms with Gasteiger partial charge < -0.3 is 14.8 Å². The first-order chi connectivity index (χ1) is 14.1. The van der Waals surface area contributed by atoms with Gasteiger partial charge in [0.15, 0.2) is 0 Å². The van der Waals surface area contributed by atoms with Crippen LogP contribution in [0, 0.1) is 0 Å². The lowest BCUT2D eigenvalue weighted by Gasteiger charge is -2.11. The Hall–Kier alpha value is -2.01. The van der Waals surface area contributed by atoms with E-state index in [4.69, 9.17) is 9.47 Å². The largest absolute Gasteiger partial charge is 0.494 e. The number of benzene rings is 2. The van der Waals surface area contributed by atoms with Gasteiger partial charge in [0.2, 0.25) is 0 Å². The average molecular weight is 462 g/mol. The number of nitrogens with one attached hydrogen (secondary N) is 1. The Balaban J connectivity index is 1.81. The van der Waals surface area contributed by atoms with Crippen LogP contribution < -0.4 is 14.8 Å². The Morgan fingerprint density at radius 1 is 0.862 bits per heavy atom. The summed E-state index contributed by atoms with van der Waals surface area (Å²) in [7, 11) is 0. The van der Waals surface area contributed by atoms with E-state index < -0.39 is 0 Å².